The van der Waals surface area contributed by atoms with Crippen molar-refractivity contribution in [2.45, 2.75) is 19.2 Å². The van der Waals surface area contributed by atoms with Crippen LogP contribution in [-0.2, 0) is 25.7 Å². The average Bonchev–Trinajstić information content (AvgIpc) is 2.53. The molecule has 0 amide bonds. The summed E-state index contributed by atoms with van der Waals surface area (Å²) in [5, 5.41) is 0. The van der Waals surface area contributed by atoms with Crippen LogP contribution in [-0.4, -0.2) is 44.1 Å². The van der Waals surface area contributed by atoms with Crippen LogP contribution in [0.15, 0.2) is 30.3 Å². The monoisotopic (exact) mass is 325 g/mol. The highest BCUT2D eigenvalue weighted by atomic mass is 31.1. The first kappa shape index (κ1) is 18.6. The predicted octanol–water partition coefficient (Wildman–Crippen LogP) is 1.98. The fourth-order valence-electron chi connectivity index (χ4n) is 2.24. The van der Waals surface area contributed by atoms with Gasteiger partial charge in [0.05, 0.1) is 18.7 Å². The van der Waals surface area contributed by atoms with Crippen LogP contribution in [0.25, 0.3) is 0 Å². The number of methoxy groups -OCH3 is 1. The molecule has 3 unspecified atom stereocenters. The Labute approximate surface area is 132 Å². The Balaban J connectivity index is 2.76. The van der Waals surface area contributed by atoms with E-state index in [2.05, 4.69) is 0 Å². The van der Waals surface area contributed by atoms with E-state index in [9.17, 15) is 9.59 Å². The molecule has 0 aliphatic heterocycles. The molecule has 0 aliphatic carbocycles. The smallest absolute Gasteiger partial charge is 0.314 e. The summed E-state index contributed by atoms with van der Waals surface area (Å²) in [5.41, 5.74) is 6.01. The van der Waals surface area contributed by atoms with Crippen molar-refractivity contribution in [3.8, 4) is 0 Å². The second-order valence-corrected chi connectivity index (χ2v) is 7.64. The van der Waals surface area contributed by atoms with Gasteiger partial charge in [0.2, 0.25) is 0 Å². The van der Waals surface area contributed by atoms with Gasteiger partial charge in [-0.3, -0.25) is 9.59 Å². The molecule has 0 radical (unpaired) electrons. The minimum absolute atomic E-state index is 0.204. The molecule has 1 rings (SSSR count). The van der Waals surface area contributed by atoms with Gasteiger partial charge in [0, 0.05) is 0 Å². The molecule has 0 heterocycles. The molecule has 22 heavy (non-hydrogen) atoms. The maximum absolute atomic E-state index is 12.4. The zero-order valence-electron chi connectivity index (χ0n) is 13.3. The zero-order valence-corrected chi connectivity index (χ0v) is 14.2. The van der Waals surface area contributed by atoms with E-state index in [0.29, 0.717) is 12.7 Å². The lowest BCUT2D eigenvalue weighted by Gasteiger charge is -2.26. The number of benzene rings is 1. The van der Waals surface area contributed by atoms with Crippen molar-refractivity contribution >= 4 is 19.9 Å². The molecule has 122 valence electrons. The van der Waals surface area contributed by atoms with Crippen molar-refractivity contribution in [3.63, 3.8) is 0 Å². The van der Waals surface area contributed by atoms with Crippen LogP contribution < -0.4 is 5.73 Å². The van der Waals surface area contributed by atoms with Crippen LogP contribution in [0.2, 0.25) is 0 Å². The van der Waals surface area contributed by atoms with E-state index in [-0.39, 0.29) is 12.6 Å². The third kappa shape index (κ3) is 5.39. The van der Waals surface area contributed by atoms with Crippen molar-refractivity contribution in [2.24, 2.45) is 11.7 Å². The molecule has 6 heteroatoms. The Kier molecular flexibility index (Phi) is 8.07. The van der Waals surface area contributed by atoms with Gasteiger partial charge in [0.25, 0.3) is 0 Å². The van der Waals surface area contributed by atoms with E-state index in [1.54, 1.807) is 6.92 Å². The summed E-state index contributed by atoms with van der Waals surface area (Å²) in [4.78, 5) is 24.2. The van der Waals surface area contributed by atoms with Crippen LogP contribution in [0.1, 0.15) is 12.5 Å². The van der Waals surface area contributed by atoms with Crippen molar-refractivity contribution in [1.82, 2.24) is 0 Å². The van der Waals surface area contributed by atoms with Crippen LogP contribution >= 0.6 is 7.92 Å². The average molecular weight is 325 g/mol. The van der Waals surface area contributed by atoms with Crippen LogP contribution in [0, 0.1) is 5.92 Å². The Morgan fingerprint density at radius 1 is 1.23 bits per heavy atom. The Hall–Kier alpha value is -1.45. The van der Waals surface area contributed by atoms with Crippen LogP contribution in [0.4, 0.5) is 0 Å². The van der Waals surface area contributed by atoms with Crippen LogP contribution in [0.5, 0.6) is 0 Å². The Morgan fingerprint density at radius 3 is 2.41 bits per heavy atom. The molecular formula is C16H24NO4P. The summed E-state index contributed by atoms with van der Waals surface area (Å²) in [6.45, 7) is 4.36. The topological polar surface area (TPSA) is 78.6 Å². The minimum Gasteiger partial charge on any atom is -0.469 e. The first-order chi connectivity index (χ1) is 10.5. The van der Waals surface area contributed by atoms with Gasteiger partial charge in [0.15, 0.2) is 0 Å². The molecule has 0 saturated carbocycles. The van der Waals surface area contributed by atoms with E-state index in [4.69, 9.17) is 15.2 Å². The Morgan fingerprint density at radius 2 is 1.86 bits per heavy atom. The highest BCUT2D eigenvalue weighted by Gasteiger charge is 2.36. The minimum atomic E-state index is -0.742. The van der Waals surface area contributed by atoms with Gasteiger partial charge in [0.1, 0.15) is 6.61 Å². The van der Waals surface area contributed by atoms with Gasteiger partial charge in [-0.05, 0) is 24.9 Å². The summed E-state index contributed by atoms with van der Waals surface area (Å²) in [6, 6.07) is 9.46. The molecule has 0 spiro atoms. The number of nitrogens with two attached hydrogens (primary N) is 1. The molecule has 2 N–H and O–H groups in total. The number of ether oxygens (including phenoxy) is 2. The molecule has 0 aromatic heterocycles. The van der Waals surface area contributed by atoms with Crippen molar-refractivity contribution in [1.29, 1.82) is 0 Å². The second-order valence-electron chi connectivity index (χ2n) is 5.12. The standard InChI is InChI=1S/C16H24NO4P/c1-12(15(18)20-2)14(22(3)10-9-17)16(19)21-11-13-7-5-4-6-8-13/h4-8,12,14H,9-11,17H2,1-3H3. The fourth-order valence-corrected chi connectivity index (χ4v) is 4.24. The number of rotatable bonds is 8. The lowest BCUT2D eigenvalue weighted by Crippen LogP contribution is -2.35. The molecule has 0 saturated heterocycles. The van der Waals surface area contributed by atoms with Gasteiger partial charge in [-0.15, -0.1) is 0 Å². The maximum Gasteiger partial charge on any atom is 0.314 e. The van der Waals surface area contributed by atoms with E-state index >= 15 is 0 Å². The number of esters is 2. The highest BCUT2D eigenvalue weighted by Crippen LogP contribution is 2.41. The molecule has 0 bridgehead atoms. The summed E-state index contributed by atoms with van der Waals surface area (Å²) in [6.07, 6.45) is 0.710. The third-order valence-corrected chi connectivity index (χ3v) is 6.04. The molecule has 0 aliphatic rings. The van der Waals surface area contributed by atoms with Gasteiger partial charge in [-0.1, -0.05) is 45.2 Å². The molecule has 5 nitrogen and oxygen atoms in total. The number of carbonyl (C=O) groups is 2. The molecule has 0 fully saturated rings. The first-order valence-corrected chi connectivity index (χ1v) is 9.24. The van der Waals surface area contributed by atoms with Gasteiger partial charge in [-0.2, -0.15) is 0 Å². The fraction of sp³-hybridized carbons (Fsp3) is 0.500. The van der Waals surface area contributed by atoms with E-state index < -0.39 is 25.5 Å². The number of hydrogen-bond acceptors (Lipinski definition) is 5. The summed E-state index contributed by atoms with van der Waals surface area (Å²) in [7, 11) is 0.584. The largest absolute Gasteiger partial charge is 0.469 e. The van der Waals surface area contributed by atoms with Crippen molar-refractivity contribution in [3.05, 3.63) is 35.9 Å². The highest BCUT2D eigenvalue weighted by molar-refractivity contribution is 7.58. The van der Waals surface area contributed by atoms with E-state index in [1.807, 2.05) is 37.0 Å². The first-order valence-electron chi connectivity index (χ1n) is 7.20. The SMILES string of the molecule is COC(=O)C(C)C(C(=O)OCc1ccccc1)P(C)CCN. The zero-order chi connectivity index (χ0) is 16.5. The summed E-state index contributed by atoms with van der Waals surface area (Å²) >= 11 is 0. The van der Waals surface area contributed by atoms with E-state index in [0.717, 1.165) is 5.56 Å². The predicted molar refractivity (Wildman–Crippen MR) is 88.0 cm³/mol. The molecular weight excluding hydrogens is 301 g/mol. The number of carbonyl (C=O) groups excluding carboxylic acids is 2. The van der Waals surface area contributed by atoms with Crippen molar-refractivity contribution in [2.75, 3.05) is 26.5 Å². The second kappa shape index (κ2) is 9.54. The third-order valence-electron chi connectivity index (χ3n) is 3.47. The summed E-state index contributed by atoms with van der Waals surface area (Å²) in [5.74, 6) is -1.28. The lowest BCUT2D eigenvalue weighted by atomic mass is 10.1. The Bertz CT molecular complexity index is 480. The van der Waals surface area contributed by atoms with Gasteiger partial charge in [-0.25, -0.2) is 0 Å². The molecule has 1 aromatic carbocycles. The van der Waals surface area contributed by atoms with Crippen molar-refractivity contribution < 1.29 is 19.1 Å². The number of hydrogen-bond donors (Lipinski definition) is 1. The molecule has 3 atom stereocenters. The molecule has 1 aromatic rings. The summed E-state index contributed by atoms with van der Waals surface area (Å²) < 4.78 is 10.2. The van der Waals surface area contributed by atoms with Crippen LogP contribution in [0.3, 0.4) is 0 Å². The lowest BCUT2D eigenvalue weighted by molar-refractivity contribution is -0.152. The maximum atomic E-state index is 12.4. The van der Waals surface area contributed by atoms with E-state index in [1.165, 1.54) is 7.11 Å². The normalized spacial score (nSPS) is 14.7. The quantitative estimate of drug-likeness (QED) is 0.584. The van der Waals surface area contributed by atoms with Gasteiger partial charge >= 0.3 is 11.9 Å². The van der Waals surface area contributed by atoms with Gasteiger partial charge < -0.3 is 15.2 Å².